The summed E-state index contributed by atoms with van der Waals surface area (Å²) in [5.41, 5.74) is 0. The van der Waals surface area contributed by atoms with E-state index in [9.17, 15) is 4.79 Å². The lowest BCUT2D eigenvalue weighted by Gasteiger charge is -2.35. The molecular weight excluding hydrogens is 336 g/mol. The number of carbonyl (C=O) groups is 1. The molecule has 0 spiro atoms. The standard InChI is InChI=1S/C15H30O8Si/c1-8-15(16)20-10-9-11-24(21-12(2)17-5,22-13(3)18-6)23-14(4)19-7/h8,12-14H,1,9-11H2,2-7H3. The van der Waals surface area contributed by atoms with Gasteiger partial charge < -0.3 is 32.2 Å². The maximum absolute atomic E-state index is 11.1. The van der Waals surface area contributed by atoms with E-state index in [0.29, 0.717) is 12.5 Å². The molecular formula is C15H30O8Si. The van der Waals surface area contributed by atoms with Crippen LogP contribution in [-0.4, -0.2) is 61.6 Å². The third kappa shape index (κ3) is 9.47. The molecule has 0 amide bonds. The van der Waals surface area contributed by atoms with Gasteiger partial charge in [-0.2, -0.15) is 0 Å². The Balaban J connectivity index is 5.05. The van der Waals surface area contributed by atoms with E-state index >= 15 is 0 Å². The summed E-state index contributed by atoms with van der Waals surface area (Å²) in [7, 11) is 1.35. The van der Waals surface area contributed by atoms with Crippen LogP contribution in [0.1, 0.15) is 27.2 Å². The maximum Gasteiger partial charge on any atom is 0.506 e. The van der Waals surface area contributed by atoms with Gasteiger partial charge in [-0.15, -0.1) is 0 Å². The SMILES string of the molecule is C=CC(=O)OCCC[Si](OC(C)OC)(OC(C)OC)OC(C)OC. The summed E-state index contributed by atoms with van der Waals surface area (Å²) in [4.78, 5) is 11.1. The van der Waals surface area contributed by atoms with Gasteiger partial charge in [-0.1, -0.05) is 6.58 Å². The summed E-state index contributed by atoms with van der Waals surface area (Å²) in [6.07, 6.45) is -0.0301. The van der Waals surface area contributed by atoms with Crippen molar-refractivity contribution in [1.29, 1.82) is 0 Å². The molecule has 0 aromatic rings. The third-order valence-electron chi connectivity index (χ3n) is 3.07. The van der Waals surface area contributed by atoms with Crippen molar-refractivity contribution < 1.29 is 37.0 Å². The molecule has 24 heavy (non-hydrogen) atoms. The fourth-order valence-electron chi connectivity index (χ4n) is 1.68. The number of carbonyl (C=O) groups excluding carboxylic acids is 1. The van der Waals surface area contributed by atoms with Gasteiger partial charge in [0, 0.05) is 33.4 Å². The van der Waals surface area contributed by atoms with Crippen molar-refractivity contribution in [3.05, 3.63) is 12.7 Å². The minimum Gasteiger partial charge on any atom is -0.463 e. The van der Waals surface area contributed by atoms with Crippen LogP contribution in [-0.2, 0) is 37.0 Å². The van der Waals surface area contributed by atoms with Crippen molar-refractivity contribution in [3.63, 3.8) is 0 Å². The average Bonchev–Trinajstić information content (AvgIpc) is 2.57. The Morgan fingerprint density at radius 1 is 0.958 bits per heavy atom. The fourth-order valence-corrected chi connectivity index (χ4v) is 4.59. The van der Waals surface area contributed by atoms with E-state index in [2.05, 4.69) is 6.58 Å². The lowest BCUT2D eigenvalue weighted by atomic mass is 10.5. The van der Waals surface area contributed by atoms with Crippen LogP contribution in [0.25, 0.3) is 0 Å². The molecule has 3 unspecified atom stereocenters. The molecule has 142 valence electrons. The summed E-state index contributed by atoms with van der Waals surface area (Å²) in [5, 5.41) is 0. The monoisotopic (exact) mass is 366 g/mol. The van der Waals surface area contributed by atoms with Crippen molar-refractivity contribution in [1.82, 2.24) is 0 Å². The fraction of sp³-hybridized carbons (Fsp3) is 0.800. The summed E-state index contributed by atoms with van der Waals surface area (Å²) in [6, 6.07) is 0.395. The summed E-state index contributed by atoms with van der Waals surface area (Å²) >= 11 is 0. The van der Waals surface area contributed by atoms with E-state index in [0.717, 1.165) is 6.08 Å². The Morgan fingerprint density at radius 3 is 1.71 bits per heavy atom. The van der Waals surface area contributed by atoms with E-state index in [1.165, 1.54) is 21.3 Å². The molecule has 0 aromatic carbocycles. The smallest absolute Gasteiger partial charge is 0.463 e. The molecule has 0 fully saturated rings. The first-order valence-corrected chi connectivity index (χ1v) is 9.66. The van der Waals surface area contributed by atoms with E-state index in [-0.39, 0.29) is 6.61 Å². The summed E-state index contributed by atoms with van der Waals surface area (Å²) in [5.74, 6) is -0.481. The van der Waals surface area contributed by atoms with Crippen LogP contribution in [0.2, 0.25) is 6.04 Å². The van der Waals surface area contributed by atoms with Gasteiger partial charge in [-0.05, 0) is 27.2 Å². The second-order valence-electron chi connectivity index (χ2n) is 4.92. The van der Waals surface area contributed by atoms with Crippen molar-refractivity contribution in [2.75, 3.05) is 27.9 Å². The van der Waals surface area contributed by atoms with Gasteiger partial charge in [0.15, 0.2) is 0 Å². The summed E-state index contributed by atoms with van der Waals surface area (Å²) in [6.45, 7) is 8.76. The van der Waals surface area contributed by atoms with Gasteiger partial charge in [-0.25, -0.2) is 4.79 Å². The molecule has 0 N–H and O–H groups in total. The number of hydrogen-bond donors (Lipinski definition) is 0. The van der Waals surface area contributed by atoms with Gasteiger partial charge >= 0.3 is 14.8 Å². The Hall–Kier alpha value is -0.813. The molecule has 0 aliphatic heterocycles. The first-order valence-electron chi connectivity index (χ1n) is 7.73. The molecule has 0 bridgehead atoms. The summed E-state index contributed by atoms with van der Waals surface area (Å²) < 4.78 is 38.2. The first-order chi connectivity index (χ1) is 11.3. The van der Waals surface area contributed by atoms with E-state index in [1.807, 2.05) is 0 Å². The van der Waals surface area contributed by atoms with Crippen LogP contribution in [0.5, 0.6) is 0 Å². The van der Waals surface area contributed by atoms with Crippen LogP contribution >= 0.6 is 0 Å². The van der Waals surface area contributed by atoms with Crippen LogP contribution in [0.4, 0.5) is 0 Å². The second kappa shape index (κ2) is 12.5. The molecule has 0 saturated carbocycles. The number of ether oxygens (including phenoxy) is 4. The minimum absolute atomic E-state index is 0.194. The molecule has 9 heteroatoms. The van der Waals surface area contributed by atoms with Gasteiger partial charge in [0.25, 0.3) is 0 Å². The van der Waals surface area contributed by atoms with Crippen LogP contribution in [0.3, 0.4) is 0 Å². The van der Waals surface area contributed by atoms with Crippen LogP contribution < -0.4 is 0 Å². The molecule has 0 rings (SSSR count). The zero-order valence-electron chi connectivity index (χ0n) is 15.4. The molecule has 0 aromatic heterocycles. The number of hydrogen-bond acceptors (Lipinski definition) is 8. The predicted octanol–water partition coefficient (Wildman–Crippen LogP) is 2.07. The Labute approximate surface area is 145 Å². The highest BCUT2D eigenvalue weighted by Crippen LogP contribution is 2.24. The van der Waals surface area contributed by atoms with Gasteiger partial charge in [-0.3, -0.25) is 0 Å². The van der Waals surface area contributed by atoms with Gasteiger partial charge in [0.05, 0.1) is 6.61 Å². The Bertz CT molecular complexity index is 334. The molecule has 0 heterocycles. The number of methoxy groups -OCH3 is 3. The number of esters is 1. The topological polar surface area (TPSA) is 81.7 Å². The maximum atomic E-state index is 11.1. The van der Waals surface area contributed by atoms with Crippen LogP contribution in [0.15, 0.2) is 12.7 Å². The number of rotatable bonds is 14. The Morgan fingerprint density at radius 2 is 1.38 bits per heavy atom. The highest BCUT2D eigenvalue weighted by molar-refractivity contribution is 6.60. The van der Waals surface area contributed by atoms with Gasteiger partial charge in [0.2, 0.25) is 0 Å². The molecule has 0 radical (unpaired) electrons. The van der Waals surface area contributed by atoms with Crippen molar-refractivity contribution in [2.24, 2.45) is 0 Å². The van der Waals surface area contributed by atoms with E-state index in [1.54, 1.807) is 20.8 Å². The molecule has 0 saturated heterocycles. The van der Waals surface area contributed by atoms with Gasteiger partial charge in [0.1, 0.15) is 18.9 Å². The van der Waals surface area contributed by atoms with Crippen molar-refractivity contribution in [2.45, 2.75) is 52.1 Å². The van der Waals surface area contributed by atoms with E-state index < -0.39 is 33.6 Å². The predicted molar refractivity (Wildman–Crippen MR) is 89.0 cm³/mol. The molecule has 0 aliphatic rings. The highest BCUT2D eigenvalue weighted by atomic mass is 28.4. The van der Waals surface area contributed by atoms with Crippen molar-refractivity contribution >= 4 is 14.8 Å². The molecule has 3 atom stereocenters. The van der Waals surface area contributed by atoms with Crippen LogP contribution in [0, 0.1) is 0 Å². The highest BCUT2D eigenvalue weighted by Gasteiger charge is 2.46. The zero-order valence-corrected chi connectivity index (χ0v) is 16.4. The lowest BCUT2D eigenvalue weighted by molar-refractivity contribution is -0.164. The first kappa shape index (κ1) is 23.2. The normalized spacial score (nSPS) is 17.6. The minimum atomic E-state index is -3.22. The largest absolute Gasteiger partial charge is 0.506 e. The second-order valence-corrected chi connectivity index (χ2v) is 7.49. The Kier molecular flexibility index (Phi) is 12.1. The third-order valence-corrected chi connectivity index (χ3v) is 6.11. The molecule has 8 nitrogen and oxygen atoms in total. The average molecular weight is 366 g/mol. The lowest BCUT2D eigenvalue weighted by Crippen LogP contribution is -2.52. The zero-order chi connectivity index (χ0) is 18.6. The van der Waals surface area contributed by atoms with Crippen molar-refractivity contribution in [3.8, 4) is 0 Å². The quantitative estimate of drug-likeness (QED) is 0.152. The molecule has 0 aliphatic carbocycles. The van der Waals surface area contributed by atoms with E-state index in [4.69, 9.17) is 32.2 Å².